The van der Waals surface area contributed by atoms with Crippen molar-refractivity contribution in [3.05, 3.63) is 85.1 Å². The van der Waals surface area contributed by atoms with Crippen LogP contribution in [-0.4, -0.2) is 37.2 Å². The first-order valence-corrected chi connectivity index (χ1v) is 35.6. The molecular weight excluding hydrogens is 1010 g/mol. The van der Waals surface area contributed by atoms with E-state index in [0.717, 1.165) is 103 Å². The number of unbranched alkanes of at least 4 members (excludes halogenated alkanes) is 40. The van der Waals surface area contributed by atoms with Crippen LogP contribution in [0.1, 0.15) is 361 Å². The van der Waals surface area contributed by atoms with Gasteiger partial charge in [-0.15, -0.1) is 0 Å². The fourth-order valence-electron chi connectivity index (χ4n) is 10.3. The van der Waals surface area contributed by atoms with Crippen LogP contribution in [0.2, 0.25) is 0 Å². The van der Waals surface area contributed by atoms with Crippen LogP contribution in [0.3, 0.4) is 0 Å². The molecule has 0 bridgehead atoms. The topological polar surface area (TPSA) is 78.9 Å². The molecule has 82 heavy (non-hydrogen) atoms. The summed E-state index contributed by atoms with van der Waals surface area (Å²) in [6.07, 6.45) is 93.3. The molecule has 0 N–H and O–H groups in total. The van der Waals surface area contributed by atoms with Crippen LogP contribution < -0.4 is 0 Å². The van der Waals surface area contributed by atoms with Gasteiger partial charge >= 0.3 is 17.9 Å². The van der Waals surface area contributed by atoms with Crippen molar-refractivity contribution in [2.45, 2.75) is 367 Å². The molecule has 474 valence electrons. The quantitative estimate of drug-likeness (QED) is 0.0261. The van der Waals surface area contributed by atoms with E-state index in [4.69, 9.17) is 14.2 Å². The molecule has 6 nitrogen and oxygen atoms in total. The van der Waals surface area contributed by atoms with Crippen molar-refractivity contribution in [1.29, 1.82) is 0 Å². The summed E-state index contributed by atoms with van der Waals surface area (Å²) in [5, 5.41) is 0. The smallest absolute Gasteiger partial charge is 0.306 e. The molecule has 0 saturated carbocycles. The molecule has 0 aromatic carbocycles. The molecule has 1 atom stereocenters. The Balaban J connectivity index is 4.23. The molecule has 0 aliphatic heterocycles. The lowest BCUT2D eigenvalue weighted by atomic mass is 10.0. The normalized spacial score (nSPS) is 12.6. The van der Waals surface area contributed by atoms with E-state index in [1.807, 2.05) is 0 Å². The molecule has 6 heteroatoms. The fraction of sp³-hybridized carbons (Fsp3) is 0.776. The van der Waals surface area contributed by atoms with Crippen LogP contribution in [0.5, 0.6) is 0 Å². The summed E-state index contributed by atoms with van der Waals surface area (Å²) < 4.78 is 17.0. The number of allylic oxidation sites excluding steroid dienone is 14. The molecular formula is C76H134O6. The van der Waals surface area contributed by atoms with Crippen LogP contribution >= 0.6 is 0 Å². The number of carbonyl (C=O) groups excluding carboxylic acids is 3. The second kappa shape index (κ2) is 70.1. The highest BCUT2D eigenvalue weighted by Crippen LogP contribution is 2.17. The van der Waals surface area contributed by atoms with Crippen molar-refractivity contribution >= 4 is 17.9 Å². The molecule has 0 aliphatic carbocycles. The molecule has 0 spiro atoms. The summed E-state index contributed by atoms with van der Waals surface area (Å²) in [6.45, 7) is 6.54. The average molecular weight is 1140 g/mol. The van der Waals surface area contributed by atoms with Crippen LogP contribution in [0.4, 0.5) is 0 Å². The first-order valence-electron chi connectivity index (χ1n) is 35.6. The van der Waals surface area contributed by atoms with Gasteiger partial charge in [0.05, 0.1) is 0 Å². The fourth-order valence-corrected chi connectivity index (χ4v) is 10.3. The summed E-state index contributed by atoms with van der Waals surface area (Å²) in [5.74, 6) is -0.878. The van der Waals surface area contributed by atoms with Crippen molar-refractivity contribution in [2.75, 3.05) is 13.2 Å². The van der Waals surface area contributed by atoms with E-state index in [0.29, 0.717) is 19.3 Å². The number of esters is 3. The predicted molar refractivity (Wildman–Crippen MR) is 358 cm³/mol. The third-order valence-electron chi connectivity index (χ3n) is 15.6. The summed E-state index contributed by atoms with van der Waals surface area (Å²) >= 11 is 0. The van der Waals surface area contributed by atoms with E-state index in [2.05, 4.69) is 106 Å². The van der Waals surface area contributed by atoms with E-state index in [9.17, 15) is 14.4 Å². The lowest BCUT2D eigenvalue weighted by Gasteiger charge is -2.18. The van der Waals surface area contributed by atoms with E-state index in [1.165, 1.54) is 218 Å². The van der Waals surface area contributed by atoms with Crippen LogP contribution in [0.15, 0.2) is 85.1 Å². The van der Waals surface area contributed by atoms with Crippen LogP contribution in [0, 0.1) is 0 Å². The van der Waals surface area contributed by atoms with E-state index in [1.54, 1.807) is 0 Å². The maximum absolute atomic E-state index is 12.9. The van der Waals surface area contributed by atoms with Gasteiger partial charge in [0.25, 0.3) is 0 Å². The van der Waals surface area contributed by atoms with Crippen molar-refractivity contribution in [2.24, 2.45) is 0 Å². The van der Waals surface area contributed by atoms with Gasteiger partial charge in [0.15, 0.2) is 6.10 Å². The minimum absolute atomic E-state index is 0.0789. The largest absolute Gasteiger partial charge is 0.462 e. The second-order valence-corrected chi connectivity index (χ2v) is 23.8. The monoisotopic (exact) mass is 1140 g/mol. The molecule has 0 fully saturated rings. The van der Waals surface area contributed by atoms with Gasteiger partial charge in [-0.05, 0) is 116 Å². The van der Waals surface area contributed by atoms with Gasteiger partial charge in [0, 0.05) is 19.3 Å². The molecule has 0 saturated heterocycles. The lowest BCUT2D eigenvalue weighted by molar-refractivity contribution is -0.167. The molecule has 0 aromatic rings. The minimum Gasteiger partial charge on any atom is -0.462 e. The number of hydrogen-bond donors (Lipinski definition) is 0. The summed E-state index contributed by atoms with van der Waals surface area (Å²) in [7, 11) is 0. The molecule has 0 rings (SSSR count). The van der Waals surface area contributed by atoms with Gasteiger partial charge in [-0.25, -0.2) is 0 Å². The summed E-state index contributed by atoms with van der Waals surface area (Å²) in [4.78, 5) is 38.4. The Bertz CT molecular complexity index is 1550. The highest BCUT2D eigenvalue weighted by Gasteiger charge is 2.19. The van der Waals surface area contributed by atoms with Gasteiger partial charge in [-0.1, -0.05) is 311 Å². The Morgan fingerprint density at radius 3 is 0.768 bits per heavy atom. The van der Waals surface area contributed by atoms with Gasteiger partial charge < -0.3 is 14.2 Å². The van der Waals surface area contributed by atoms with E-state index >= 15 is 0 Å². The van der Waals surface area contributed by atoms with Crippen molar-refractivity contribution in [1.82, 2.24) is 0 Å². The Morgan fingerprint density at radius 2 is 0.476 bits per heavy atom. The first kappa shape index (κ1) is 78.6. The van der Waals surface area contributed by atoms with Crippen molar-refractivity contribution < 1.29 is 28.6 Å². The number of carbonyl (C=O) groups is 3. The standard InChI is InChI=1S/C76H134O6/c1-4-7-10-13-16-19-22-25-28-31-32-33-34-35-36-37-38-39-40-41-42-43-44-46-48-51-54-57-60-63-66-69-75(78)81-72-73(71-80-74(77)68-65-62-59-56-53-50-47-30-27-24-21-18-15-12-9-6-3)82-76(79)70-67-64-61-58-55-52-49-45-29-26-23-20-17-14-11-8-5-2/h7,10,16,19,21,24-26,28-30,32-33,47,73H,4-6,8-9,11-15,17-18,20,22-23,27,31,34-46,48-72H2,1-3H3/b10-7-,19-16-,24-21-,28-25-,29-26-,33-32-,47-30-. The van der Waals surface area contributed by atoms with Crippen molar-refractivity contribution in [3.8, 4) is 0 Å². The summed E-state index contributed by atoms with van der Waals surface area (Å²) in [6, 6.07) is 0. The number of hydrogen-bond acceptors (Lipinski definition) is 6. The Morgan fingerprint density at radius 1 is 0.256 bits per heavy atom. The van der Waals surface area contributed by atoms with Gasteiger partial charge in [-0.3, -0.25) is 14.4 Å². The minimum atomic E-state index is -0.784. The number of ether oxygens (including phenoxy) is 3. The zero-order chi connectivity index (χ0) is 59.2. The number of rotatable bonds is 65. The van der Waals surface area contributed by atoms with Crippen LogP contribution in [-0.2, 0) is 28.6 Å². The zero-order valence-electron chi connectivity index (χ0n) is 54.5. The molecule has 0 radical (unpaired) electrons. The second-order valence-electron chi connectivity index (χ2n) is 23.8. The maximum atomic E-state index is 12.9. The Kier molecular flexibility index (Phi) is 67.2. The Hall–Kier alpha value is -3.41. The highest BCUT2D eigenvalue weighted by atomic mass is 16.6. The average Bonchev–Trinajstić information content (AvgIpc) is 3.48. The zero-order valence-corrected chi connectivity index (χ0v) is 54.5. The third-order valence-corrected chi connectivity index (χ3v) is 15.6. The molecule has 0 heterocycles. The third kappa shape index (κ3) is 67.4. The van der Waals surface area contributed by atoms with Crippen molar-refractivity contribution in [3.63, 3.8) is 0 Å². The first-order chi connectivity index (χ1) is 40.5. The van der Waals surface area contributed by atoms with Gasteiger partial charge in [0.1, 0.15) is 13.2 Å². The van der Waals surface area contributed by atoms with Gasteiger partial charge in [-0.2, -0.15) is 0 Å². The van der Waals surface area contributed by atoms with E-state index < -0.39 is 6.10 Å². The van der Waals surface area contributed by atoms with Gasteiger partial charge in [0.2, 0.25) is 0 Å². The lowest BCUT2D eigenvalue weighted by Crippen LogP contribution is -2.30. The molecule has 0 aromatic heterocycles. The molecule has 0 amide bonds. The Labute approximate surface area is 509 Å². The van der Waals surface area contributed by atoms with Crippen LogP contribution in [0.25, 0.3) is 0 Å². The SMILES string of the molecule is CC/C=C\C/C=C\C/C=C\C/C=C\CCCCCCCCCCCCCCCCCCCCC(=O)OCC(COC(=O)CCCCCCC/C=C\C/C=C\CCCCCC)OC(=O)CCCCCCCCC/C=C\CCCCCCCC. The molecule has 0 aliphatic rings. The summed E-state index contributed by atoms with van der Waals surface area (Å²) in [5.41, 5.74) is 0. The maximum Gasteiger partial charge on any atom is 0.306 e. The van der Waals surface area contributed by atoms with E-state index in [-0.39, 0.29) is 31.1 Å². The highest BCUT2D eigenvalue weighted by molar-refractivity contribution is 5.71. The molecule has 1 unspecified atom stereocenters. The predicted octanol–water partition coefficient (Wildman–Crippen LogP) is 24.6.